The Labute approximate surface area is 211 Å². The zero-order chi connectivity index (χ0) is 25.9. The van der Waals surface area contributed by atoms with Gasteiger partial charge >= 0.3 is 6.18 Å². The SMILES string of the molecule is C[C@@H](Nc1nc(C2CC2)nc2c1C=C(c1ccc(=O)n(C)c1)C1=NCCN12)c1cccc(C(F)(F)F)c1. The lowest BCUT2D eigenvalue weighted by molar-refractivity contribution is -0.137. The second-order valence-corrected chi connectivity index (χ2v) is 9.71. The molecule has 1 atom stereocenters. The molecule has 0 unspecified atom stereocenters. The van der Waals surface area contributed by atoms with Crippen LogP contribution in [0.2, 0.25) is 0 Å². The fourth-order valence-electron chi connectivity index (χ4n) is 4.78. The summed E-state index contributed by atoms with van der Waals surface area (Å²) in [5, 5.41) is 3.38. The van der Waals surface area contributed by atoms with E-state index in [-0.39, 0.29) is 11.5 Å². The number of hydrogen-bond donors (Lipinski definition) is 1. The molecule has 1 saturated carbocycles. The zero-order valence-corrected chi connectivity index (χ0v) is 20.4. The predicted octanol–water partition coefficient (Wildman–Crippen LogP) is 5.02. The minimum absolute atomic E-state index is 0.111. The van der Waals surface area contributed by atoms with E-state index in [9.17, 15) is 18.0 Å². The standard InChI is InChI=1S/C27H25F3N6O/c1-15(17-4-3-5-19(12-17)27(28,29)30)32-24-21-13-20(18-8-9-22(37)35(2)14-18)25-31-10-11-36(25)26(21)34-23(33-24)16-6-7-16/h3-5,8-9,12-16H,6-7,10-11H2,1-2H3,(H,32,33,34)/t15-/m1/s1. The van der Waals surface area contributed by atoms with Crippen molar-refractivity contribution < 1.29 is 13.2 Å². The number of pyridine rings is 1. The maximum Gasteiger partial charge on any atom is 0.416 e. The Morgan fingerprint density at radius 3 is 2.68 bits per heavy atom. The molecule has 0 radical (unpaired) electrons. The number of hydrogen-bond acceptors (Lipinski definition) is 6. The van der Waals surface area contributed by atoms with Crippen LogP contribution in [-0.2, 0) is 13.2 Å². The number of rotatable bonds is 5. The maximum atomic E-state index is 13.3. The molecule has 1 fully saturated rings. The van der Waals surface area contributed by atoms with Crippen LogP contribution < -0.4 is 15.8 Å². The van der Waals surface area contributed by atoms with Gasteiger partial charge in [0.1, 0.15) is 23.3 Å². The van der Waals surface area contributed by atoms with Crippen LogP contribution in [0.1, 0.15) is 59.8 Å². The maximum absolute atomic E-state index is 13.3. The number of halogens is 3. The highest BCUT2D eigenvalue weighted by Gasteiger charge is 2.36. The van der Waals surface area contributed by atoms with E-state index in [2.05, 4.69) is 10.2 Å². The normalized spacial score (nSPS) is 17.6. The Bertz CT molecular complexity index is 1520. The monoisotopic (exact) mass is 506 g/mol. The third-order valence-electron chi connectivity index (χ3n) is 6.98. The summed E-state index contributed by atoms with van der Waals surface area (Å²) in [6.07, 6.45) is 1.36. The Morgan fingerprint density at radius 1 is 1.14 bits per heavy atom. The van der Waals surface area contributed by atoms with Gasteiger partial charge in [0.15, 0.2) is 0 Å². The van der Waals surface area contributed by atoms with E-state index in [4.69, 9.17) is 15.0 Å². The minimum Gasteiger partial charge on any atom is -0.363 e. The Hall–Kier alpha value is -3.95. The number of aliphatic imine (C=N–C) groups is 1. The average molecular weight is 507 g/mol. The van der Waals surface area contributed by atoms with Crippen LogP contribution in [0.5, 0.6) is 0 Å². The molecule has 3 aliphatic rings. The van der Waals surface area contributed by atoms with Crippen molar-refractivity contribution in [3.63, 3.8) is 0 Å². The molecule has 1 N–H and O–H groups in total. The van der Waals surface area contributed by atoms with Crippen LogP contribution in [0.4, 0.5) is 24.8 Å². The molecule has 1 aliphatic carbocycles. The van der Waals surface area contributed by atoms with E-state index < -0.39 is 17.8 Å². The Balaban J connectivity index is 1.46. The van der Waals surface area contributed by atoms with Crippen LogP contribution in [0.25, 0.3) is 11.6 Å². The molecule has 0 spiro atoms. The second kappa shape index (κ2) is 8.57. The number of aryl methyl sites for hydroxylation is 1. The van der Waals surface area contributed by atoms with Crippen molar-refractivity contribution in [1.29, 1.82) is 0 Å². The molecule has 6 rings (SSSR count). The Kier molecular flexibility index (Phi) is 5.43. The van der Waals surface area contributed by atoms with Crippen molar-refractivity contribution in [2.75, 3.05) is 23.3 Å². The van der Waals surface area contributed by atoms with Crippen molar-refractivity contribution in [3.05, 3.63) is 81.0 Å². The molecule has 37 heavy (non-hydrogen) atoms. The van der Waals surface area contributed by atoms with E-state index in [0.717, 1.165) is 53.1 Å². The summed E-state index contributed by atoms with van der Waals surface area (Å²) >= 11 is 0. The average Bonchev–Trinajstić information content (AvgIpc) is 3.60. The molecule has 1 aromatic carbocycles. The van der Waals surface area contributed by atoms with Gasteiger partial charge in [0, 0.05) is 49.0 Å². The lowest BCUT2D eigenvalue weighted by Crippen LogP contribution is -2.33. The number of fused-ring (bicyclic) bond motifs is 3. The van der Waals surface area contributed by atoms with Gasteiger partial charge in [0.25, 0.3) is 0 Å². The van der Waals surface area contributed by atoms with Gasteiger partial charge in [-0.15, -0.1) is 0 Å². The largest absolute Gasteiger partial charge is 0.416 e. The number of alkyl halides is 3. The van der Waals surface area contributed by atoms with Gasteiger partial charge in [0.2, 0.25) is 5.56 Å². The molecule has 10 heteroatoms. The van der Waals surface area contributed by atoms with E-state index in [0.29, 0.717) is 24.5 Å². The summed E-state index contributed by atoms with van der Waals surface area (Å²) in [5.74, 6) is 3.14. The van der Waals surface area contributed by atoms with E-state index in [1.54, 1.807) is 25.4 Å². The molecule has 0 bridgehead atoms. The highest BCUT2D eigenvalue weighted by atomic mass is 19.4. The fraction of sp³-hybridized carbons (Fsp3) is 0.333. The zero-order valence-electron chi connectivity index (χ0n) is 20.4. The lowest BCUT2D eigenvalue weighted by Gasteiger charge is -2.30. The van der Waals surface area contributed by atoms with E-state index >= 15 is 0 Å². The van der Waals surface area contributed by atoms with Crippen LogP contribution in [0.15, 0.2) is 52.4 Å². The Morgan fingerprint density at radius 2 is 1.95 bits per heavy atom. The van der Waals surface area contributed by atoms with Gasteiger partial charge in [0.05, 0.1) is 17.7 Å². The molecule has 190 valence electrons. The molecule has 3 aromatic rings. The highest BCUT2D eigenvalue weighted by Crippen LogP contribution is 2.44. The summed E-state index contributed by atoms with van der Waals surface area (Å²) in [7, 11) is 1.70. The van der Waals surface area contributed by atoms with Gasteiger partial charge in [-0.25, -0.2) is 9.97 Å². The van der Waals surface area contributed by atoms with Crippen LogP contribution in [0, 0.1) is 0 Å². The van der Waals surface area contributed by atoms with Gasteiger partial charge in [-0.05, 0) is 49.6 Å². The van der Waals surface area contributed by atoms with Crippen LogP contribution in [0.3, 0.4) is 0 Å². The van der Waals surface area contributed by atoms with Gasteiger partial charge in [-0.2, -0.15) is 13.2 Å². The number of aromatic nitrogens is 3. The molecule has 0 amide bonds. The topological polar surface area (TPSA) is 75.4 Å². The number of nitrogens with one attached hydrogen (secondary N) is 1. The fourth-order valence-corrected chi connectivity index (χ4v) is 4.78. The quantitative estimate of drug-likeness (QED) is 0.526. The van der Waals surface area contributed by atoms with Crippen LogP contribution >= 0.6 is 0 Å². The van der Waals surface area contributed by atoms with Crippen molar-refractivity contribution >= 4 is 29.1 Å². The first-order valence-electron chi connectivity index (χ1n) is 12.3. The lowest BCUT2D eigenvalue weighted by atomic mass is 9.98. The predicted molar refractivity (Wildman–Crippen MR) is 137 cm³/mol. The van der Waals surface area contributed by atoms with Crippen molar-refractivity contribution in [2.24, 2.45) is 12.0 Å². The third-order valence-corrected chi connectivity index (χ3v) is 6.98. The second-order valence-electron chi connectivity index (χ2n) is 9.71. The number of amidine groups is 1. The van der Waals surface area contributed by atoms with Gasteiger partial charge in [-0.1, -0.05) is 12.1 Å². The van der Waals surface area contributed by atoms with E-state index in [1.165, 1.54) is 22.8 Å². The summed E-state index contributed by atoms with van der Waals surface area (Å²) in [6, 6.07) is 8.21. The smallest absolute Gasteiger partial charge is 0.363 e. The first-order chi connectivity index (χ1) is 17.7. The van der Waals surface area contributed by atoms with Crippen molar-refractivity contribution in [2.45, 2.75) is 37.9 Å². The summed E-state index contributed by atoms with van der Waals surface area (Å²) < 4.78 is 41.5. The molecule has 2 aromatic heterocycles. The minimum atomic E-state index is -4.41. The number of benzene rings is 1. The van der Waals surface area contributed by atoms with Crippen molar-refractivity contribution in [1.82, 2.24) is 14.5 Å². The highest BCUT2D eigenvalue weighted by molar-refractivity contribution is 6.36. The summed E-state index contributed by atoms with van der Waals surface area (Å²) in [5.41, 5.74) is 2.15. The van der Waals surface area contributed by atoms with Gasteiger partial charge < -0.3 is 14.8 Å². The molecular weight excluding hydrogens is 481 g/mol. The van der Waals surface area contributed by atoms with Crippen LogP contribution in [-0.4, -0.2) is 33.5 Å². The molecule has 0 saturated heterocycles. The number of nitrogens with zero attached hydrogens (tertiary/aromatic N) is 5. The molecule has 7 nitrogen and oxygen atoms in total. The summed E-state index contributed by atoms with van der Waals surface area (Å²) in [4.78, 5) is 28.5. The van der Waals surface area contributed by atoms with Crippen molar-refractivity contribution in [3.8, 4) is 0 Å². The molecular formula is C27H25F3N6O. The molecule has 2 aliphatic heterocycles. The first kappa shape index (κ1) is 23.4. The van der Waals surface area contributed by atoms with Gasteiger partial charge in [-0.3, -0.25) is 9.79 Å². The third kappa shape index (κ3) is 4.30. The number of anilines is 2. The van der Waals surface area contributed by atoms with E-state index in [1.807, 2.05) is 13.0 Å². The molecule has 4 heterocycles. The summed E-state index contributed by atoms with van der Waals surface area (Å²) in [6.45, 7) is 3.10. The first-order valence-corrected chi connectivity index (χ1v) is 12.3.